The number of carbonyl (C=O) groups is 1. The molecule has 4 nitrogen and oxygen atoms in total. The van der Waals surface area contributed by atoms with Crippen molar-refractivity contribution in [3.05, 3.63) is 0 Å². The zero-order valence-electron chi connectivity index (χ0n) is 10.2. The summed E-state index contributed by atoms with van der Waals surface area (Å²) in [5.41, 5.74) is -0.267. The molecule has 2 aliphatic rings. The average molecular weight is 227 g/mol. The number of nitrogens with one attached hydrogen (secondary N) is 1. The maximum atomic E-state index is 11.6. The van der Waals surface area contributed by atoms with Crippen molar-refractivity contribution in [2.45, 2.75) is 64.2 Å². The van der Waals surface area contributed by atoms with Crippen molar-refractivity contribution in [2.75, 3.05) is 0 Å². The largest absolute Gasteiger partial charge is 0.444 e. The van der Waals surface area contributed by atoms with E-state index >= 15 is 0 Å². The standard InChI is InChI=1S/C12H21NO3/c1-11(2,3)16-10(15)13-9-4-5-12(9)6-8(14)7-12/h8-9,14H,4-7H2,1-3H3,(H,13,15)/t8?,9-,12?/m1/s1. The molecule has 4 heteroatoms. The lowest BCUT2D eigenvalue weighted by molar-refractivity contribution is -0.107. The number of amides is 1. The van der Waals surface area contributed by atoms with Gasteiger partial charge in [0.2, 0.25) is 0 Å². The molecule has 0 aromatic rings. The van der Waals surface area contributed by atoms with Crippen LogP contribution < -0.4 is 5.32 Å². The van der Waals surface area contributed by atoms with Crippen molar-refractivity contribution in [1.29, 1.82) is 0 Å². The Morgan fingerprint density at radius 2 is 2.06 bits per heavy atom. The van der Waals surface area contributed by atoms with Gasteiger partial charge in [-0.15, -0.1) is 0 Å². The van der Waals surface area contributed by atoms with Gasteiger partial charge in [-0.3, -0.25) is 0 Å². The van der Waals surface area contributed by atoms with Gasteiger partial charge in [0, 0.05) is 6.04 Å². The molecule has 2 saturated carbocycles. The second kappa shape index (κ2) is 3.62. The van der Waals surface area contributed by atoms with E-state index in [2.05, 4.69) is 5.32 Å². The van der Waals surface area contributed by atoms with E-state index in [4.69, 9.17) is 4.74 Å². The van der Waals surface area contributed by atoms with E-state index < -0.39 is 5.60 Å². The number of rotatable bonds is 1. The fraction of sp³-hybridized carbons (Fsp3) is 0.917. The summed E-state index contributed by atoms with van der Waals surface area (Å²) in [5, 5.41) is 12.3. The van der Waals surface area contributed by atoms with Crippen LogP contribution in [0.15, 0.2) is 0 Å². The smallest absolute Gasteiger partial charge is 0.407 e. The molecular formula is C12H21NO3. The van der Waals surface area contributed by atoms with E-state index in [0.717, 1.165) is 25.7 Å². The number of hydrogen-bond donors (Lipinski definition) is 2. The maximum Gasteiger partial charge on any atom is 0.407 e. The highest BCUT2D eigenvalue weighted by molar-refractivity contribution is 5.68. The summed E-state index contributed by atoms with van der Waals surface area (Å²) in [6, 6.07) is 0.200. The molecule has 0 aliphatic heterocycles. The summed E-state index contributed by atoms with van der Waals surface area (Å²) in [5.74, 6) is 0. The normalized spacial score (nSPS) is 37.5. The van der Waals surface area contributed by atoms with E-state index in [0.29, 0.717) is 0 Å². The Hall–Kier alpha value is -0.770. The minimum Gasteiger partial charge on any atom is -0.444 e. The number of aliphatic hydroxyl groups is 1. The predicted octanol–water partition coefficient (Wildman–Crippen LogP) is 1.81. The second-order valence-electron chi connectivity index (χ2n) is 6.16. The highest BCUT2D eigenvalue weighted by Crippen LogP contribution is 2.55. The van der Waals surface area contributed by atoms with Gasteiger partial charge in [-0.05, 0) is 51.9 Å². The van der Waals surface area contributed by atoms with Gasteiger partial charge in [0.25, 0.3) is 0 Å². The summed E-state index contributed by atoms with van der Waals surface area (Å²) in [6.07, 6.45) is 3.28. The molecule has 2 fully saturated rings. The zero-order valence-corrected chi connectivity index (χ0v) is 10.2. The molecule has 0 unspecified atom stereocenters. The molecule has 1 spiro atoms. The van der Waals surface area contributed by atoms with Crippen LogP contribution in [0.4, 0.5) is 4.79 Å². The van der Waals surface area contributed by atoms with Gasteiger partial charge >= 0.3 is 6.09 Å². The minimum atomic E-state index is -0.444. The van der Waals surface area contributed by atoms with E-state index in [1.165, 1.54) is 0 Å². The minimum absolute atomic E-state index is 0.164. The Balaban J connectivity index is 1.80. The lowest BCUT2D eigenvalue weighted by Gasteiger charge is -2.57. The van der Waals surface area contributed by atoms with Crippen LogP contribution in [0.5, 0.6) is 0 Å². The number of carbonyl (C=O) groups excluding carboxylic acids is 1. The molecule has 1 amide bonds. The number of ether oxygens (including phenoxy) is 1. The third-order valence-electron chi connectivity index (χ3n) is 3.65. The molecule has 2 rings (SSSR count). The number of alkyl carbamates (subject to hydrolysis) is 1. The van der Waals surface area contributed by atoms with Crippen LogP contribution >= 0.6 is 0 Å². The molecule has 0 heterocycles. The summed E-state index contributed by atoms with van der Waals surface area (Å²) < 4.78 is 5.22. The summed E-state index contributed by atoms with van der Waals surface area (Å²) in [6.45, 7) is 5.57. The lowest BCUT2D eigenvalue weighted by atomic mass is 9.52. The van der Waals surface area contributed by atoms with Gasteiger partial charge in [-0.2, -0.15) is 0 Å². The third kappa shape index (κ3) is 2.17. The highest BCUT2D eigenvalue weighted by Gasteiger charge is 2.55. The van der Waals surface area contributed by atoms with Crippen LogP contribution in [0.25, 0.3) is 0 Å². The summed E-state index contributed by atoms with van der Waals surface area (Å²) in [4.78, 5) is 11.6. The molecule has 0 aromatic carbocycles. The number of hydrogen-bond acceptors (Lipinski definition) is 3. The van der Waals surface area contributed by atoms with Gasteiger partial charge in [-0.1, -0.05) is 0 Å². The first-order valence-electron chi connectivity index (χ1n) is 5.98. The van der Waals surface area contributed by atoms with Crippen molar-refractivity contribution in [2.24, 2.45) is 5.41 Å². The first kappa shape index (κ1) is 11.7. The molecule has 2 aliphatic carbocycles. The van der Waals surface area contributed by atoms with Crippen LogP contribution in [0.2, 0.25) is 0 Å². The van der Waals surface area contributed by atoms with Gasteiger partial charge in [0.15, 0.2) is 0 Å². The average Bonchev–Trinajstić information content (AvgIpc) is 2.04. The molecule has 1 atom stereocenters. The quantitative estimate of drug-likeness (QED) is 0.718. The van der Waals surface area contributed by atoms with Crippen molar-refractivity contribution in [3.63, 3.8) is 0 Å². The SMILES string of the molecule is CC(C)(C)OC(=O)N[C@@H]1CCC12CC(O)C2. The topological polar surface area (TPSA) is 58.6 Å². The third-order valence-corrected chi connectivity index (χ3v) is 3.65. The fourth-order valence-corrected chi connectivity index (χ4v) is 2.74. The first-order valence-corrected chi connectivity index (χ1v) is 5.98. The van der Waals surface area contributed by atoms with E-state index in [9.17, 15) is 9.90 Å². The molecular weight excluding hydrogens is 206 g/mol. The summed E-state index contributed by atoms with van der Waals surface area (Å²) in [7, 11) is 0. The Bertz CT molecular complexity index is 289. The Morgan fingerprint density at radius 3 is 2.44 bits per heavy atom. The molecule has 2 N–H and O–H groups in total. The molecule has 0 saturated heterocycles. The molecule has 16 heavy (non-hydrogen) atoms. The first-order chi connectivity index (χ1) is 7.31. The highest BCUT2D eigenvalue weighted by atomic mass is 16.6. The zero-order chi connectivity index (χ0) is 12.0. The van der Waals surface area contributed by atoms with Crippen LogP contribution in [0.3, 0.4) is 0 Å². The lowest BCUT2D eigenvalue weighted by Crippen LogP contribution is -2.62. The monoisotopic (exact) mass is 227 g/mol. The predicted molar refractivity (Wildman–Crippen MR) is 60.1 cm³/mol. The molecule has 0 bridgehead atoms. The molecule has 0 radical (unpaired) electrons. The maximum absolute atomic E-state index is 11.6. The van der Waals surface area contributed by atoms with Crippen molar-refractivity contribution in [3.8, 4) is 0 Å². The van der Waals surface area contributed by atoms with E-state index in [1.807, 2.05) is 20.8 Å². The fourth-order valence-electron chi connectivity index (χ4n) is 2.74. The number of aliphatic hydroxyl groups excluding tert-OH is 1. The summed E-state index contributed by atoms with van der Waals surface area (Å²) >= 11 is 0. The second-order valence-corrected chi connectivity index (χ2v) is 6.16. The van der Waals surface area contributed by atoms with Crippen LogP contribution in [0, 0.1) is 5.41 Å². The van der Waals surface area contributed by atoms with Gasteiger partial charge in [-0.25, -0.2) is 4.79 Å². The van der Waals surface area contributed by atoms with Gasteiger partial charge < -0.3 is 15.2 Å². The molecule has 0 aromatic heterocycles. The Morgan fingerprint density at radius 1 is 1.44 bits per heavy atom. The molecule has 92 valence electrons. The Labute approximate surface area is 96.4 Å². The van der Waals surface area contributed by atoms with Gasteiger partial charge in [0.05, 0.1) is 6.10 Å². The van der Waals surface area contributed by atoms with E-state index in [1.54, 1.807) is 0 Å². The van der Waals surface area contributed by atoms with Crippen LogP contribution in [-0.2, 0) is 4.74 Å². The van der Waals surface area contributed by atoms with Crippen LogP contribution in [-0.4, -0.2) is 28.9 Å². The van der Waals surface area contributed by atoms with E-state index in [-0.39, 0.29) is 23.7 Å². The van der Waals surface area contributed by atoms with Gasteiger partial charge in [0.1, 0.15) is 5.60 Å². The van der Waals surface area contributed by atoms with Crippen molar-refractivity contribution >= 4 is 6.09 Å². The van der Waals surface area contributed by atoms with Crippen LogP contribution in [0.1, 0.15) is 46.5 Å². The van der Waals surface area contributed by atoms with Crippen molar-refractivity contribution in [1.82, 2.24) is 5.32 Å². The van der Waals surface area contributed by atoms with Crippen molar-refractivity contribution < 1.29 is 14.6 Å². The Kier molecular flexibility index (Phi) is 2.65.